The molecule has 2 aromatic carbocycles. The van der Waals surface area contributed by atoms with E-state index in [1.165, 1.54) is 44.1 Å². The Morgan fingerprint density at radius 2 is 1.70 bits per heavy atom. The van der Waals surface area contributed by atoms with Gasteiger partial charge in [0.05, 0.1) is 36.0 Å². The smallest absolute Gasteiger partial charge is 0.270 e. The highest BCUT2D eigenvalue weighted by molar-refractivity contribution is 7.89. The van der Waals surface area contributed by atoms with E-state index in [0.717, 1.165) is 12.6 Å². The van der Waals surface area contributed by atoms with Gasteiger partial charge in [-0.2, -0.15) is 4.31 Å². The van der Waals surface area contributed by atoms with E-state index in [1.54, 1.807) is 0 Å². The molecule has 1 saturated heterocycles. The standard InChI is InChI=1S/C19H23N3O4S/c1-15-10-16(2)12-17(11-15)14-20-6-8-21(9-7-20)27(25,26)19-5-3-4-18(13-19)22(23)24/h3-5,10-13H,6-9,14H2,1-2H3/p+1. The molecule has 27 heavy (non-hydrogen) atoms. The molecule has 144 valence electrons. The Bertz CT molecular complexity index is 931. The van der Waals surface area contributed by atoms with Crippen molar-refractivity contribution in [2.45, 2.75) is 25.3 Å². The zero-order chi connectivity index (χ0) is 19.6. The molecular weight excluding hydrogens is 366 g/mol. The summed E-state index contributed by atoms with van der Waals surface area (Å²) in [7, 11) is -3.71. The van der Waals surface area contributed by atoms with Crippen LogP contribution >= 0.6 is 0 Å². The van der Waals surface area contributed by atoms with Crippen LogP contribution in [0.4, 0.5) is 5.69 Å². The summed E-state index contributed by atoms with van der Waals surface area (Å²) >= 11 is 0. The third kappa shape index (κ3) is 4.52. The molecule has 0 radical (unpaired) electrons. The van der Waals surface area contributed by atoms with Crippen molar-refractivity contribution in [3.8, 4) is 0 Å². The molecule has 0 unspecified atom stereocenters. The van der Waals surface area contributed by atoms with E-state index in [4.69, 9.17) is 0 Å². The molecule has 1 N–H and O–H groups in total. The number of aryl methyl sites for hydroxylation is 2. The van der Waals surface area contributed by atoms with Crippen LogP contribution in [0, 0.1) is 24.0 Å². The number of benzene rings is 2. The molecule has 1 aliphatic rings. The Hall–Kier alpha value is -2.29. The summed E-state index contributed by atoms with van der Waals surface area (Å²) in [6.07, 6.45) is 0. The van der Waals surface area contributed by atoms with E-state index in [9.17, 15) is 18.5 Å². The minimum atomic E-state index is -3.71. The van der Waals surface area contributed by atoms with Crippen LogP contribution in [-0.2, 0) is 16.6 Å². The van der Waals surface area contributed by atoms with Gasteiger partial charge in [-0.3, -0.25) is 10.1 Å². The normalized spacial score (nSPS) is 16.4. The number of piperazine rings is 1. The van der Waals surface area contributed by atoms with E-state index in [1.807, 2.05) is 0 Å². The molecule has 0 bridgehead atoms. The van der Waals surface area contributed by atoms with Gasteiger partial charge in [-0.15, -0.1) is 0 Å². The van der Waals surface area contributed by atoms with Crippen LogP contribution in [0.2, 0.25) is 0 Å². The van der Waals surface area contributed by atoms with E-state index >= 15 is 0 Å². The second kappa shape index (κ2) is 7.75. The van der Waals surface area contributed by atoms with Crippen LogP contribution in [0.15, 0.2) is 47.4 Å². The molecule has 0 amide bonds. The lowest BCUT2D eigenvalue weighted by atomic mass is 10.1. The average Bonchev–Trinajstić information content (AvgIpc) is 2.61. The Morgan fingerprint density at radius 3 is 2.30 bits per heavy atom. The zero-order valence-corrected chi connectivity index (χ0v) is 16.3. The minimum absolute atomic E-state index is 0.0190. The van der Waals surface area contributed by atoms with E-state index < -0.39 is 14.9 Å². The maximum absolute atomic E-state index is 12.8. The highest BCUT2D eigenvalue weighted by Gasteiger charge is 2.31. The maximum atomic E-state index is 12.8. The van der Waals surface area contributed by atoms with Gasteiger partial charge >= 0.3 is 0 Å². The number of nitro groups is 1. The number of quaternary nitrogens is 1. The van der Waals surface area contributed by atoms with Gasteiger partial charge in [-0.05, 0) is 19.9 Å². The number of nitro benzene ring substituents is 1. The summed E-state index contributed by atoms with van der Waals surface area (Å²) in [5.74, 6) is 0. The topological polar surface area (TPSA) is 85.0 Å². The summed E-state index contributed by atoms with van der Waals surface area (Å²) in [5.41, 5.74) is 3.51. The third-order valence-electron chi connectivity index (χ3n) is 4.83. The van der Waals surface area contributed by atoms with Gasteiger partial charge in [0, 0.05) is 17.7 Å². The van der Waals surface area contributed by atoms with Crippen molar-refractivity contribution in [2.75, 3.05) is 26.2 Å². The molecular formula is C19H24N3O4S+. The van der Waals surface area contributed by atoms with Gasteiger partial charge in [-0.1, -0.05) is 35.4 Å². The zero-order valence-electron chi connectivity index (χ0n) is 15.5. The molecule has 1 aliphatic heterocycles. The van der Waals surface area contributed by atoms with Crippen LogP contribution in [-0.4, -0.2) is 43.8 Å². The molecule has 1 heterocycles. The van der Waals surface area contributed by atoms with E-state index in [0.29, 0.717) is 26.2 Å². The minimum Gasteiger partial charge on any atom is -0.329 e. The van der Waals surface area contributed by atoms with Crippen molar-refractivity contribution >= 4 is 15.7 Å². The van der Waals surface area contributed by atoms with Crippen molar-refractivity contribution in [2.24, 2.45) is 0 Å². The monoisotopic (exact) mass is 390 g/mol. The number of nitrogens with one attached hydrogen (secondary N) is 1. The first-order valence-electron chi connectivity index (χ1n) is 8.91. The molecule has 0 aromatic heterocycles. The van der Waals surface area contributed by atoms with Crippen LogP contribution < -0.4 is 4.90 Å². The number of nitrogens with zero attached hydrogens (tertiary/aromatic N) is 2. The summed E-state index contributed by atoms with van der Waals surface area (Å²) in [4.78, 5) is 11.7. The van der Waals surface area contributed by atoms with Crippen molar-refractivity contribution in [3.63, 3.8) is 0 Å². The Morgan fingerprint density at radius 1 is 1.07 bits per heavy atom. The number of non-ortho nitro benzene ring substituents is 1. The van der Waals surface area contributed by atoms with E-state index in [2.05, 4.69) is 32.0 Å². The highest BCUT2D eigenvalue weighted by atomic mass is 32.2. The molecule has 0 spiro atoms. The van der Waals surface area contributed by atoms with Gasteiger partial charge in [-0.25, -0.2) is 8.42 Å². The van der Waals surface area contributed by atoms with Crippen LogP contribution in [0.3, 0.4) is 0 Å². The maximum Gasteiger partial charge on any atom is 0.270 e. The number of hydrogen-bond donors (Lipinski definition) is 1. The molecule has 0 atom stereocenters. The number of sulfonamides is 1. The van der Waals surface area contributed by atoms with E-state index in [-0.39, 0.29) is 10.6 Å². The van der Waals surface area contributed by atoms with Crippen molar-refractivity contribution in [1.82, 2.24) is 4.31 Å². The fourth-order valence-corrected chi connectivity index (χ4v) is 5.07. The fourth-order valence-electron chi connectivity index (χ4n) is 3.59. The SMILES string of the molecule is Cc1cc(C)cc(C[NH+]2CCN(S(=O)(=O)c3cccc([N+](=O)[O-])c3)CC2)c1. The predicted molar refractivity (Wildman–Crippen MR) is 102 cm³/mol. The number of rotatable bonds is 5. The van der Waals surface area contributed by atoms with Gasteiger partial charge in [0.25, 0.3) is 5.69 Å². The van der Waals surface area contributed by atoms with Crippen molar-refractivity contribution < 1.29 is 18.2 Å². The summed E-state index contributed by atoms with van der Waals surface area (Å²) in [6, 6.07) is 11.7. The van der Waals surface area contributed by atoms with Crippen molar-refractivity contribution in [3.05, 3.63) is 69.3 Å². The fraction of sp³-hybridized carbons (Fsp3) is 0.368. The Kier molecular flexibility index (Phi) is 5.59. The van der Waals surface area contributed by atoms with Crippen molar-refractivity contribution in [1.29, 1.82) is 0 Å². The number of hydrogen-bond acceptors (Lipinski definition) is 4. The Labute approximate surface area is 159 Å². The first-order valence-corrected chi connectivity index (χ1v) is 10.3. The van der Waals surface area contributed by atoms with Crippen LogP contribution in [0.5, 0.6) is 0 Å². The first kappa shape index (κ1) is 19.5. The third-order valence-corrected chi connectivity index (χ3v) is 6.73. The predicted octanol–water partition coefficient (Wildman–Crippen LogP) is 1.30. The average molecular weight is 390 g/mol. The second-order valence-corrected chi connectivity index (χ2v) is 9.02. The summed E-state index contributed by atoms with van der Waals surface area (Å²) in [5, 5.41) is 10.9. The molecule has 0 saturated carbocycles. The molecule has 8 heteroatoms. The molecule has 1 fully saturated rings. The van der Waals surface area contributed by atoms with Gasteiger partial charge in [0.2, 0.25) is 10.0 Å². The Balaban J connectivity index is 1.67. The summed E-state index contributed by atoms with van der Waals surface area (Å²) < 4.78 is 27.0. The molecule has 3 rings (SSSR count). The van der Waals surface area contributed by atoms with Gasteiger partial charge in [0.15, 0.2) is 0 Å². The largest absolute Gasteiger partial charge is 0.329 e. The van der Waals surface area contributed by atoms with Crippen LogP contribution in [0.25, 0.3) is 0 Å². The second-order valence-electron chi connectivity index (χ2n) is 7.08. The lowest BCUT2D eigenvalue weighted by Gasteiger charge is -2.31. The lowest BCUT2D eigenvalue weighted by Crippen LogP contribution is -3.13. The molecule has 0 aliphatic carbocycles. The van der Waals surface area contributed by atoms with Crippen LogP contribution in [0.1, 0.15) is 16.7 Å². The first-order chi connectivity index (χ1) is 12.8. The summed E-state index contributed by atoms with van der Waals surface area (Å²) in [6.45, 7) is 7.26. The highest BCUT2D eigenvalue weighted by Crippen LogP contribution is 2.21. The molecule has 2 aromatic rings. The lowest BCUT2D eigenvalue weighted by molar-refractivity contribution is -0.917. The van der Waals surface area contributed by atoms with Gasteiger partial charge < -0.3 is 4.90 Å². The molecule has 7 nitrogen and oxygen atoms in total. The van der Waals surface area contributed by atoms with Gasteiger partial charge in [0.1, 0.15) is 6.54 Å². The quantitative estimate of drug-likeness (QED) is 0.616.